The van der Waals surface area contributed by atoms with Crippen LogP contribution in [0.2, 0.25) is 0 Å². The van der Waals surface area contributed by atoms with Crippen LogP contribution < -0.4 is 57.1 Å². The minimum Gasteiger partial charge on any atom is -0.465 e. The van der Waals surface area contributed by atoms with E-state index in [-0.39, 0.29) is 112 Å². The molecule has 3 aromatic carbocycles. The Morgan fingerprint density at radius 2 is 1.38 bits per heavy atom. The highest BCUT2D eigenvalue weighted by Crippen LogP contribution is 2.54. The first-order valence-corrected chi connectivity index (χ1v) is 34.4. The van der Waals surface area contributed by atoms with Gasteiger partial charge in [0.25, 0.3) is 0 Å². The normalized spacial score (nSPS) is 16.1. The van der Waals surface area contributed by atoms with Crippen LogP contribution in [0.3, 0.4) is 0 Å². The summed E-state index contributed by atoms with van der Waals surface area (Å²) in [6.45, 7) is 9.11. The third-order valence-electron chi connectivity index (χ3n) is 16.2. The number of primary amides is 1. The van der Waals surface area contributed by atoms with Gasteiger partial charge < -0.3 is 72.0 Å². The minimum absolute atomic E-state index is 0.00408. The Balaban J connectivity index is 1.16. The largest absolute Gasteiger partial charge is 0.524 e. The van der Waals surface area contributed by atoms with E-state index in [4.69, 9.17) is 43.9 Å². The summed E-state index contributed by atoms with van der Waals surface area (Å²) in [5, 5.41) is 28.1. The lowest BCUT2D eigenvalue weighted by molar-refractivity contribution is -0.133. The third kappa shape index (κ3) is 17.7. The number of fused-ring (bicyclic) bond motifs is 6. The summed E-state index contributed by atoms with van der Waals surface area (Å²) >= 11 is 16.1. The Morgan fingerprint density at radius 3 is 1.98 bits per heavy atom. The van der Waals surface area contributed by atoms with Gasteiger partial charge in [0.2, 0.25) is 35.4 Å². The zero-order chi connectivity index (χ0) is 67.5. The fourth-order valence-corrected chi connectivity index (χ4v) is 14.7. The van der Waals surface area contributed by atoms with E-state index in [1.807, 2.05) is 24.6 Å². The van der Waals surface area contributed by atoms with Crippen molar-refractivity contribution in [3.05, 3.63) is 75.0 Å². The lowest BCUT2D eigenvalue weighted by atomic mass is 9.89. The molecule has 1 unspecified atom stereocenters. The first kappa shape index (κ1) is 72.1. The number of thiophene rings is 2. The van der Waals surface area contributed by atoms with Crippen molar-refractivity contribution >= 4 is 145 Å². The molecule has 0 spiro atoms. The molecule has 500 valence electrons. The average Bonchev–Trinajstić information content (AvgIpc) is 1.58. The molecule has 2 aliphatic rings. The number of phosphoric acid groups is 1. The number of likely N-dealkylation sites (N-methyl/N-ethyl adjacent to an activating group) is 2. The van der Waals surface area contributed by atoms with Gasteiger partial charge in [-0.1, -0.05) is 26.0 Å². The zero-order valence-corrected chi connectivity index (χ0v) is 56.2. The lowest BCUT2D eigenvalue weighted by Crippen LogP contribution is -2.57. The molecule has 2 aliphatic heterocycles. The smallest absolute Gasteiger partial charge is 0.465 e. The van der Waals surface area contributed by atoms with Gasteiger partial charge in [-0.15, -0.1) is 45.9 Å². The van der Waals surface area contributed by atoms with Gasteiger partial charge >= 0.3 is 26.0 Å². The standard InChI is InChI=1S/C61H80Cl2N11O15PS2/c1-32(2)53(70-57(79)40(67-35(5)75)12-8-9-20-64)58(80)69-41(13-11-21-66-59(65)81)56(78)68-38-18-16-36(17-19-38)24-42-39(28-63)52-44(26-45(54-50(52)34(4)31-91-54)88-61(84)72(7)23-22-71(6)60(82)83)74(42)48(77)15-10-14-47(76)73-29-37(27-62)51-43(73)25-46(89-90(85,86)87)55-49(51)33(3)30-92-55/h16-19,25-26,30-32,37,39-42,53H,8-15,20-24,27-29,64H2,1-7H3,(H,67,75)(H,68,78)(H,69,80)(H,70,79)(H,82,83)(H3,65,66,81)(H2,85,86,87)/t37-,39-,40+,41+,42?,53+/m1/s1. The Hall–Kier alpha value is -7.30. The van der Waals surface area contributed by atoms with E-state index in [0.29, 0.717) is 56.8 Å². The highest BCUT2D eigenvalue weighted by Gasteiger charge is 2.44. The first-order valence-electron chi connectivity index (χ1n) is 30.0. The molecule has 0 saturated heterocycles. The van der Waals surface area contributed by atoms with E-state index in [1.165, 1.54) is 59.6 Å². The number of carbonyl (C=O) groups is 9. The second kappa shape index (κ2) is 32.0. The van der Waals surface area contributed by atoms with Crippen LogP contribution in [0.15, 0.2) is 47.2 Å². The molecule has 0 saturated carbocycles. The number of urea groups is 1. The van der Waals surface area contributed by atoms with Crippen molar-refractivity contribution in [1.29, 1.82) is 0 Å². The summed E-state index contributed by atoms with van der Waals surface area (Å²) in [7, 11) is -2.17. The maximum atomic E-state index is 15.2. The molecule has 6 atom stereocenters. The number of halogens is 2. The molecule has 10 amide bonds. The third-order valence-corrected chi connectivity index (χ3v) is 19.6. The zero-order valence-electron chi connectivity index (χ0n) is 52.2. The number of hydrogen-bond donors (Lipinski definition) is 10. The van der Waals surface area contributed by atoms with Crippen LogP contribution in [-0.4, -0.2) is 161 Å². The quantitative estimate of drug-likeness (QED) is 0.0119. The molecule has 4 heterocycles. The van der Waals surface area contributed by atoms with E-state index in [1.54, 1.807) is 49.1 Å². The number of carboxylic acid groups (broad SMARTS) is 1. The van der Waals surface area contributed by atoms with Crippen LogP contribution in [0.1, 0.15) is 112 Å². The topological polar surface area (TPSA) is 375 Å². The van der Waals surface area contributed by atoms with Crippen molar-refractivity contribution in [1.82, 2.24) is 31.1 Å². The molecular weight excluding hydrogens is 1290 g/mol. The molecule has 92 heavy (non-hydrogen) atoms. The molecule has 12 N–H and O–H groups in total. The number of rotatable bonds is 30. The fraction of sp³-hybridized carbons (Fsp3) is 0.492. The summed E-state index contributed by atoms with van der Waals surface area (Å²) in [5.74, 6) is -4.11. The van der Waals surface area contributed by atoms with Gasteiger partial charge in [-0.2, -0.15) is 0 Å². The number of amides is 10. The van der Waals surface area contributed by atoms with Gasteiger partial charge in [0.15, 0.2) is 11.5 Å². The number of alkyl halides is 2. The number of phosphoric ester groups is 1. The highest BCUT2D eigenvalue weighted by molar-refractivity contribution is 7.46. The number of nitrogens with two attached hydrogens (primary N) is 2. The molecule has 26 nitrogen and oxygen atoms in total. The van der Waals surface area contributed by atoms with Crippen LogP contribution in [0.5, 0.6) is 11.5 Å². The Kier molecular flexibility index (Phi) is 25.1. The van der Waals surface area contributed by atoms with Crippen LogP contribution >= 0.6 is 53.7 Å². The van der Waals surface area contributed by atoms with E-state index in [0.717, 1.165) is 32.5 Å². The van der Waals surface area contributed by atoms with Gasteiger partial charge in [-0.3, -0.25) is 38.6 Å². The number of benzene rings is 3. The number of unbranched alkanes of at least 4 members (excludes halogenated alkanes) is 1. The number of hydrogen-bond acceptors (Lipinski definition) is 15. The average molecular weight is 1370 g/mol. The number of aryl methyl sites for hydroxylation is 2. The van der Waals surface area contributed by atoms with Gasteiger partial charge in [0.05, 0.1) is 20.8 Å². The summed E-state index contributed by atoms with van der Waals surface area (Å²) in [5.41, 5.74) is 15.9. The molecule has 5 aromatic rings. The number of ether oxygens (including phenoxy) is 1. The molecule has 0 fully saturated rings. The van der Waals surface area contributed by atoms with Gasteiger partial charge in [-0.25, -0.2) is 18.9 Å². The first-order chi connectivity index (χ1) is 43.6. The molecule has 0 bridgehead atoms. The van der Waals surface area contributed by atoms with Crippen molar-refractivity contribution < 1.29 is 71.9 Å². The molecular formula is C61H80Cl2N11O15PS2. The van der Waals surface area contributed by atoms with Crippen LogP contribution in [-0.2, 0) is 39.8 Å². The summed E-state index contributed by atoms with van der Waals surface area (Å²) in [4.78, 5) is 145. The number of nitrogens with one attached hydrogen (secondary N) is 5. The Labute approximate surface area is 550 Å². The fourth-order valence-electron chi connectivity index (χ4n) is 11.6. The van der Waals surface area contributed by atoms with Crippen LogP contribution in [0, 0.1) is 19.8 Å². The number of nitrogens with zero attached hydrogens (tertiary/aromatic N) is 4. The maximum Gasteiger partial charge on any atom is 0.524 e. The van der Waals surface area contributed by atoms with Crippen molar-refractivity contribution in [3.63, 3.8) is 0 Å². The number of anilines is 3. The lowest BCUT2D eigenvalue weighted by Gasteiger charge is -2.29. The van der Waals surface area contributed by atoms with Crippen molar-refractivity contribution in [2.75, 3.05) is 73.7 Å². The highest BCUT2D eigenvalue weighted by atomic mass is 35.5. The van der Waals surface area contributed by atoms with Crippen molar-refractivity contribution in [3.8, 4) is 11.5 Å². The monoisotopic (exact) mass is 1370 g/mol. The second-order valence-corrected chi connectivity index (χ2v) is 26.9. The maximum absolute atomic E-state index is 15.2. The van der Waals surface area contributed by atoms with E-state index < -0.39 is 85.7 Å². The Morgan fingerprint density at radius 1 is 0.772 bits per heavy atom. The summed E-state index contributed by atoms with van der Waals surface area (Å²) in [6.07, 6.45) is -0.283. The predicted molar refractivity (Wildman–Crippen MR) is 354 cm³/mol. The molecule has 2 aromatic heterocycles. The van der Waals surface area contributed by atoms with Gasteiger partial charge in [-0.05, 0) is 122 Å². The summed E-state index contributed by atoms with van der Waals surface area (Å²) in [6, 6.07) is 5.22. The minimum atomic E-state index is -5.02. The van der Waals surface area contributed by atoms with Crippen LogP contribution in [0.25, 0.3) is 20.2 Å². The predicted octanol–water partition coefficient (Wildman–Crippen LogP) is 7.71. The van der Waals surface area contributed by atoms with Gasteiger partial charge in [0, 0.05) is 118 Å². The summed E-state index contributed by atoms with van der Waals surface area (Å²) < 4.78 is 24.5. The molecule has 7 rings (SSSR count). The Bertz CT molecular complexity index is 3620. The number of carbonyl (C=O) groups excluding carboxylic acids is 8. The van der Waals surface area contributed by atoms with Gasteiger partial charge in [0.1, 0.15) is 18.1 Å². The van der Waals surface area contributed by atoms with E-state index in [2.05, 4.69) is 26.6 Å². The molecule has 31 heteroatoms. The van der Waals surface area contributed by atoms with E-state index in [9.17, 15) is 57.8 Å². The van der Waals surface area contributed by atoms with Crippen LogP contribution in [0.4, 0.5) is 31.4 Å². The van der Waals surface area contributed by atoms with Crippen molar-refractivity contribution in [2.45, 2.75) is 128 Å². The SMILES string of the molecule is CC(=O)N[C@@H](CCCCN)C(=O)N[C@H](C(=O)N[C@@H](CCCNC(N)=O)C(=O)Nc1ccc(CC2[C@@H](CCl)c3c(cc(OC(=O)N(C)CCN(C)C(=O)O)c4scc(C)c34)N2C(=O)CCCC(=O)N2C[C@@H](CCl)c3c2cc(OP(=O)(O)O)c2scc(C)c32)cc1)C(C)C. The van der Waals surface area contributed by atoms with E-state index >= 15 is 4.79 Å². The molecule has 0 radical (unpaired) electrons. The second-order valence-electron chi connectivity index (χ2n) is 23.4. The van der Waals surface area contributed by atoms with Crippen molar-refractivity contribution in [2.24, 2.45) is 17.4 Å². The molecule has 0 aliphatic carbocycles.